The van der Waals surface area contributed by atoms with Crippen LogP contribution in [0.5, 0.6) is 0 Å². The van der Waals surface area contributed by atoms with Gasteiger partial charge in [0.15, 0.2) is 0 Å². The molecule has 0 amide bonds. The van der Waals surface area contributed by atoms with Crippen molar-refractivity contribution in [2.45, 2.75) is 62.2 Å². The van der Waals surface area contributed by atoms with Gasteiger partial charge < -0.3 is 0 Å². The number of benzene rings is 6. The Morgan fingerprint density at radius 2 is 1.04 bits per heavy atom. The molecule has 0 bridgehead atoms. The molecule has 4 atom stereocenters. The second-order valence-corrected chi connectivity index (χ2v) is 25.8. The van der Waals surface area contributed by atoms with Gasteiger partial charge in [-0.05, 0) is 0 Å². The Morgan fingerprint density at radius 3 is 1.48 bits per heavy atom. The van der Waals surface area contributed by atoms with Gasteiger partial charge in [-0.15, -0.1) is 0 Å². The molecule has 9 rings (SSSR count). The van der Waals surface area contributed by atoms with Crippen LogP contribution in [-0.4, -0.2) is 61.5 Å². The molecule has 3 fully saturated rings. The summed E-state index contributed by atoms with van der Waals surface area (Å²) in [7, 11) is 0. The molecule has 0 N–H and O–H groups in total. The minimum absolute atomic E-state index is 0.223. The molecule has 0 aliphatic carbocycles. The van der Waals surface area contributed by atoms with Gasteiger partial charge >= 0.3 is 337 Å². The molecule has 0 unspecified atom stereocenters. The van der Waals surface area contributed by atoms with Gasteiger partial charge in [-0.2, -0.15) is 0 Å². The summed E-state index contributed by atoms with van der Waals surface area (Å²) in [6, 6.07) is 64.9. The molecule has 0 radical (unpaired) electrons. The fourth-order valence-electron chi connectivity index (χ4n) is 9.35. The normalized spacial score (nSPS) is 24.0. The van der Waals surface area contributed by atoms with E-state index in [1.165, 1.54) is 16.3 Å². The van der Waals surface area contributed by atoms with Gasteiger partial charge in [0.1, 0.15) is 0 Å². The molecule has 6 heteroatoms. The van der Waals surface area contributed by atoms with E-state index >= 15 is 0 Å². The number of hydrogen-bond donors (Lipinski definition) is 0. The van der Waals surface area contributed by atoms with E-state index in [1.54, 1.807) is 0 Å². The number of fused-ring (bicyclic) bond motifs is 2. The molecule has 0 aromatic heterocycles. The fraction of sp³-hybridized carbons (Fsp3) is 0.240. The van der Waals surface area contributed by atoms with Gasteiger partial charge in [-0.3, -0.25) is 0 Å². The van der Waals surface area contributed by atoms with Gasteiger partial charge in [0.05, 0.1) is 0 Å². The van der Waals surface area contributed by atoms with Crippen molar-refractivity contribution in [2.75, 3.05) is 13.2 Å². The summed E-state index contributed by atoms with van der Waals surface area (Å²) in [4.78, 5) is 0. The minimum atomic E-state index is -4.00. The van der Waals surface area contributed by atoms with Gasteiger partial charge in [-0.25, -0.2) is 0 Å². The number of ether oxygens (including phenoxy) is 5. The summed E-state index contributed by atoms with van der Waals surface area (Å²) in [6.45, 7) is 4.73. The SMILES string of the molecule is CC1(C)O[C@H]2O[C@H](COC(c3ccccc3)(c3ccccc3)c3ccccc3)[C@@]3(OCCC/C3=[CH]\[Sn]([c]3ccccc3)([c]3ccccc3)[c]3ccccc3)[C@H]2O1. The zero-order chi connectivity index (χ0) is 38.1. The first kappa shape index (κ1) is 37.2. The topological polar surface area (TPSA) is 46.2 Å². The Labute approximate surface area is 334 Å². The van der Waals surface area contributed by atoms with Gasteiger partial charge in [-0.1, -0.05) is 0 Å². The van der Waals surface area contributed by atoms with Crippen LogP contribution in [0.1, 0.15) is 43.4 Å². The molecule has 56 heavy (non-hydrogen) atoms. The van der Waals surface area contributed by atoms with Crippen LogP contribution in [0.3, 0.4) is 0 Å². The Morgan fingerprint density at radius 1 is 0.607 bits per heavy atom. The predicted octanol–water partition coefficient (Wildman–Crippen LogP) is 8.06. The summed E-state index contributed by atoms with van der Waals surface area (Å²) in [5, 5.41) is 0. The summed E-state index contributed by atoms with van der Waals surface area (Å²) >= 11 is -4.00. The standard InChI is InChI=1S/C32H33O5.3C6H5.Sn/c1-23-14-13-21-33-31(23)27(35-29-28(31)36-30(2,3)37-29)22-34-32(24-15-7-4-8-16-24,25-17-9-5-10-18-25)26-19-11-6-12-20-26;3*1-2-4-6-5-3-1;/h1,4-12,15-20,27-29H,13-14,21-22H2,2-3H3;3*1-5H;/t27-,28+,29-,31-;;;;/m1..../s1. The van der Waals surface area contributed by atoms with E-state index in [9.17, 15) is 0 Å². The third kappa shape index (κ3) is 6.48. The molecule has 5 nitrogen and oxygen atoms in total. The zero-order valence-electron chi connectivity index (χ0n) is 32.0. The quantitative estimate of drug-likeness (QED) is 0.103. The summed E-state index contributed by atoms with van der Waals surface area (Å²) in [6.07, 6.45) is 0.0737. The van der Waals surface area contributed by atoms with Crippen molar-refractivity contribution in [3.63, 3.8) is 0 Å². The maximum absolute atomic E-state index is 7.52. The van der Waals surface area contributed by atoms with Crippen LogP contribution in [0.4, 0.5) is 0 Å². The molecule has 3 aliphatic heterocycles. The fourth-order valence-corrected chi connectivity index (χ4v) is 22.3. The molecule has 282 valence electrons. The van der Waals surface area contributed by atoms with Gasteiger partial charge in [0, 0.05) is 0 Å². The van der Waals surface area contributed by atoms with E-state index in [4.69, 9.17) is 23.7 Å². The van der Waals surface area contributed by atoms with Crippen molar-refractivity contribution in [3.8, 4) is 0 Å². The molecule has 0 saturated carbocycles. The van der Waals surface area contributed by atoms with Crippen LogP contribution < -0.4 is 10.7 Å². The van der Waals surface area contributed by atoms with Crippen LogP contribution in [-0.2, 0) is 29.3 Å². The molecule has 6 aromatic carbocycles. The first-order valence-electron chi connectivity index (χ1n) is 19.8. The van der Waals surface area contributed by atoms with Crippen molar-refractivity contribution in [3.05, 3.63) is 208 Å². The number of rotatable bonds is 10. The van der Waals surface area contributed by atoms with Crippen LogP contribution in [0.25, 0.3) is 0 Å². The molecule has 1 spiro atoms. The zero-order valence-corrected chi connectivity index (χ0v) is 34.9. The molecule has 3 heterocycles. The summed E-state index contributed by atoms with van der Waals surface area (Å²) in [5.41, 5.74) is 2.41. The Balaban J connectivity index is 1.24. The van der Waals surface area contributed by atoms with Gasteiger partial charge in [0.2, 0.25) is 0 Å². The third-order valence-electron chi connectivity index (χ3n) is 11.8. The third-order valence-corrected chi connectivity index (χ3v) is 24.6. The van der Waals surface area contributed by atoms with E-state index in [-0.39, 0.29) is 6.61 Å². The van der Waals surface area contributed by atoms with E-state index in [1.807, 2.05) is 32.0 Å². The van der Waals surface area contributed by atoms with Crippen molar-refractivity contribution in [1.29, 1.82) is 0 Å². The van der Waals surface area contributed by atoms with Crippen LogP contribution in [0.2, 0.25) is 0 Å². The number of hydrogen-bond acceptors (Lipinski definition) is 5. The average Bonchev–Trinajstić information content (AvgIpc) is 3.72. The first-order chi connectivity index (χ1) is 27.5. The molecule has 6 aromatic rings. The summed E-state index contributed by atoms with van der Waals surface area (Å²) < 4.78 is 42.1. The summed E-state index contributed by atoms with van der Waals surface area (Å²) in [5.74, 6) is -0.847. The van der Waals surface area contributed by atoms with Crippen molar-refractivity contribution < 1.29 is 23.7 Å². The van der Waals surface area contributed by atoms with Crippen molar-refractivity contribution >= 4 is 29.1 Å². The van der Waals surface area contributed by atoms with Gasteiger partial charge in [0.25, 0.3) is 0 Å². The Kier molecular flexibility index (Phi) is 10.3. The van der Waals surface area contributed by atoms with E-state index in [0.29, 0.717) is 6.61 Å². The molecular weight excluding hydrogens is 799 g/mol. The monoisotopic (exact) mass is 848 g/mol. The second kappa shape index (κ2) is 15.5. The Bertz CT molecular complexity index is 2040. The molecule has 3 aliphatic rings. The van der Waals surface area contributed by atoms with Crippen LogP contribution >= 0.6 is 0 Å². The first-order valence-corrected chi connectivity index (χ1v) is 25.7. The van der Waals surface area contributed by atoms with E-state index < -0.39 is 53.9 Å². The predicted molar refractivity (Wildman–Crippen MR) is 224 cm³/mol. The Hall–Kier alpha value is -4.34. The molecule has 3 saturated heterocycles. The van der Waals surface area contributed by atoms with E-state index in [0.717, 1.165) is 29.5 Å². The van der Waals surface area contributed by atoms with Crippen LogP contribution in [0.15, 0.2) is 192 Å². The molecular formula is C50H48O5Sn. The average molecular weight is 848 g/mol. The van der Waals surface area contributed by atoms with Crippen LogP contribution in [0, 0.1) is 0 Å². The van der Waals surface area contributed by atoms with Crippen molar-refractivity contribution in [2.24, 2.45) is 0 Å². The van der Waals surface area contributed by atoms with Crippen molar-refractivity contribution in [1.82, 2.24) is 0 Å². The second-order valence-electron chi connectivity index (χ2n) is 15.5. The maximum atomic E-state index is 7.52. The van der Waals surface area contributed by atoms with E-state index in [2.05, 4.69) is 168 Å².